The highest BCUT2D eigenvalue weighted by atomic mass is 35.5. The first-order chi connectivity index (χ1) is 25.0. The van der Waals surface area contributed by atoms with E-state index in [1.165, 1.54) is 23.1 Å². The Balaban J connectivity index is 1.49. The predicted molar refractivity (Wildman–Crippen MR) is 185 cm³/mol. The molecule has 0 spiro atoms. The van der Waals surface area contributed by atoms with E-state index in [1.807, 2.05) is 12.1 Å². The molecule has 0 aliphatic heterocycles. The molecule has 1 N–H and O–H groups in total. The number of carbonyl (C=O) groups excluding carboxylic acids is 1. The van der Waals surface area contributed by atoms with Crippen molar-refractivity contribution in [1.29, 1.82) is 0 Å². The molecular weight excluding hydrogens is 748 g/mol. The molecular formula is C37H32ClF6N3O5S. The number of benzene rings is 4. The molecule has 0 atom stereocenters. The van der Waals surface area contributed by atoms with E-state index < -0.39 is 74.8 Å². The van der Waals surface area contributed by atoms with Crippen molar-refractivity contribution in [3.63, 3.8) is 0 Å². The lowest BCUT2D eigenvalue weighted by Crippen LogP contribution is -2.43. The second-order valence-corrected chi connectivity index (χ2v) is 15.6. The van der Waals surface area contributed by atoms with Gasteiger partial charge in [-0.3, -0.25) is 4.79 Å². The van der Waals surface area contributed by atoms with E-state index >= 15 is 8.78 Å². The fraction of sp³-hybridized carbons (Fsp3) is 0.297. The van der Waals surface area contributed by atoms with Gasteiger partial charge in [-0.25, -0.2) is 39.6 Å². The minimum absolute atomic E-state index is 0.127. The van der Waals surface area contributed by atoms with E-state index in [0.29, 0.717) is 17.4 Å². The number of aromatic carboxylic acids is 1. The monoisotopic (exact) mass is 779 g/mol. The van der Waals surface area contributed by atoms with Crippen LogP contribution in [0.15, 0.2) is 59.5 Å². The summed E-state index contributed by atoms with van der Waals surface area (Å²) in [5.41, 5.74) is 2.86. The fourth-order valence-corrected chi connectivity index (χ4v) is 7.82. The number of carbonyl (C=O) groups is 2. The number of anilines is 2. The summed E-state index contributed by atoms with van der Waals surface area (Å²) in [6.07, 6.45) is 3.92. The van der Waals surface area contributed by atoms with Crippen LogP contribution < -0.4 is 9.80 Å². The third-order valence-electron chi connectivity index (χ3n) is 9.21. The van der Waals surface area contributed by atoms with Crippen molar-refractivity contribution in [2.45, 2.75) is 55.5 Å². The molecule has 0 bridgehead atoms. The molecule has 0 aromatic heterocycles. The number of hydrogen-bond acceptors (Lipinski definition) is 5. The van der Waals surface area contributed by atoms with Gasteiger partial charge in [0.2, 0.25) is 21.7 Å². The summed E-state index contributed by atoms with van der Waals surface area (Å²) in [6, 6.07) is 12.6. The molecule has 1 amide bonds. The molecule has 6 rings (SSSR count). The second kappa shape index (κ2) is 14.7. The summed E-state index contributed by atoms with van der Waals surface area (Å²) in [7, 11) is -2.58. The number of sulfonamides is 1. The minimum Gasteiger partial charge on any atom is -0.478 e. The van der Waals surface area contributed by atoms with Crippen LogP contribution in [0.5, 0.6) is 0 Å². The third kappa shape index (κ3) is 7.87. The molecule has 2 fully saturated rings. The number of rotatable bonds is 13. The maximum atomic E-state index is 15.1. The third-order valence-corrected chi connectivity index (χ3v) is 11.4. The van der Waals surface area contributed by atoms with Crippen LogP contribution in [0.4, 0.5) is 37.7 Å². The lowest BCUT2D eigenvalue weighted by Gasteiger charge is -2.31. The molecule has 16 heteroatoms. The predicted octanol–water partition coefficient (Wildman–Crippen LogP) is 8.12. The zero-order valence-electron chi connectivity index (χ0n) is 28.3. The highest BCUT2D eigenvalue weighted by Gasteiger charge is 2.39. The standard InChI is InChI=1S/C37H32ClF6N3O5S/c1-45(2)29-14-22(37(49)50)8-10-28(29)47(16-19-11-24(20-3-4-20)13-25(12-19)21-5-6-21)30(48)18-46(17-23-7-9-26(39)15-27(23)38)53(51,52)36-34(43)32(41)31(40)33(42)35(36)44/h7-15,20-21H,3-6,16-18H2,1-2H3,(H,49,50). The Morgan fingerprint density at radius 1 is 0.755 bits per heavy atom. The molecule has 0 unspecified atom stereocenters. The van der Waals surface area contributed by atoms with Crippen LogP contribution in [0, 0.1) is 34.9 Å². The van der Waals surface area contributed by atoms with E-state index in [4.69, 9.17) is 11.6 Å². The van der Waals surface area contributed by atoms with Gasteiger partial charge in [-0.2, -0.15) is 4.31 Å². The van der Waals surface area contributed by atoms with Gasteiger partial charge in [0.15, 0.2) is 28.2 Å². The van der Waals surface area contributed by atoms with Gasteiger partial charge in [0, 0.05) is 25.7 Å². The van der Waals surface area contributed by atoms with Crippen molar-refractivity contribution >= 4 is 44.9 Å². The van der Waals surface area contributed by atoms with E-state index in [1.54, 1.807) is 14.1 Å². The molecule has 53 heavy (non-hydrogen) atoms. The Kier molecular flexibility index (Phi) is 10.6. The Morgan fingerprint density at radius 3 is 1.83 bits per heavy atom. The van der Waals surface area contributed by atoms with Crippen molar-refractivity contribution in [3.05, 3.63) is 122 Å². The number of hydrogen-bond donors (Lipinski definition) is 1. The van der Waals surface area contributed by atoms with E-state index in [2.05, 4.69) is 6.07 Å². The smallest absolute Gasteiger partial charge is 0.335 e. The van der Waals surface area contributed by atoms with Gasteiger partial charge in [0.05, 0.1) is 30.0 Å². The lowest BCUT2D eigenvalue weighted by atomic mass is 9.99. The van der Waals surface area contributed by atoms with E-state index in [0.717, 1.165) is 59.9 Å². The van der Waals surface area contributed by atoms with Gasteiger partial charge in [0.1, 0.15) is 5.82 Å². The number of amides is 1. The quantitative estimate of drug-likeness (QED) is 0.0837. The summed E-state index contributed by atoms with van der Waals surface area (Å²) in [4.78, 5) is 27.0. The van der Waals surface area contributed by atoms with Crippen molar-refractivity contribution in [1.82, 2.24) is 4.31 Å². The normalized spacial score (nSPS) is 14.5. The summed E-state index contributed by atoms with van der Waals surface area (Å²) < 4.78 is 115. The van der Waals surface area contributed by atoms with Crippen LogP contribution in [0.1, 0.15) is 70.1 Å². The van der Waals surface area contributed by atoms with E-state index in [-0.39, 0.29) is 38.4 Å². The number of carboxylic acid groups (broad SMARTS) is 1. The molecule has 2 aliphatic carbocycles. The SMILES string of the molecule is CN(C)c1cc(C(=O)O)ccc1N(Cc1cc(C2CC2)cc(C2CC2)c1)C(=O)CN(Cc1ccc(F)cc1Cl)S(=O)(=O)c1c(F)c(F)c(F)c(F)c1F. The van der Waals surface area contributed by atoms with Gasteiger partial charge in [-0.05, 0) is 90.1 Å². The summed E-state index contributed by atoms with van der Waals surface area (Å²) in [6.45, 7) is -2.37. The van der Waals surface area contributed by atoms with Gasteiger partial charge in [-0.15, -0.1) is 0 Å². The Hall–Kier alpha value is -4.60. The molecule has 0 saturated heterocycles. The van der Waals surface area contributed by atoms with Crippen molar-refractivity contribution in [3.8, 4) is 0 Å². The molecule has 4 aromatic rings. The minimum atomic E-state index is -5.75. The van der Waals surface area contributed by atoms with Crippen LogP contribution in [0.3, 0.4) is 0 Å². The first kappa shape index (κ1) is 38.1. The second-order valence-electron chi connectivity index (χ2n) is 13.3. The van der Waals surface area contributed by atoms with Crippen LogP contribution >= 0.6 is 11.6 Å². The van der Waals surface area contributed by atoms with Crippen LogP contribution in [-0.2, 0) is 27.9 Å². The van der Waals surface area contributed by atoms with Crippen molar-refractivity contribution in [2.24, 2.45) is 0 Å². The van der Waals surface area contributed by atoms with Gasteiger partial charge in [-0.1, -0.05) is 35.9 Å². The molecule has 0 radical (unpaired) electrons. The van der Waals surface area contributed by atoms with Crippen LogP contribution in [0.2, 0.25) is 5.02 Å². The average Bonchev–Trinajstić information content (AvgIpc) is 4.03. The first-order valence-corrected chi connectivity index (χ1v) is 18.2. The molecule has 8 nitrogen and oxygen atoms in total. The van der Waals surface area contributed by atoms with Crippen LogP contribution in [-0.4, -0.2) is 50.3 Å². The average molecular weight is 780 g/mol. The number of halogens is 7. The Labute approximate surface area is 306 Å². The van der Waals surface area contributed by atoms with Gasteiger partial charge in [0.25, 0.3) is 0 Å². The number of carboxylic acids is 1. The van der Waals surface area contributed by atoms with Crippen molar-refractivity contribution < 1.29 is 49.5 Å². The van der Waals surface area contributed by atoms with Gasteiger partial charge < -0.3 is 14.9 Å². The summed E-state index contributed by atoms with van der Waals surface area (Å²) in [5.74, 6) is -15.4. The fourth-order valence-electron chi connectivity index (χ4n) is 6.12. The maximum Gasteiger partial charge on any atom is 0.335 e. The molecule has 280 valence electrons. The summed E-state index contributed by atoms with van der Waals surface area (Å²) in [5, 5.41) is 9.34. The Morgan fingerprint density at radius 2 is 1.32 bits per heavy atom. The maximum absolute atomic E-state index is 15.1. The topological polar surface area (TPSA) is 98.2 Å². The zero-order valence-corrected chi connectivity index (χ0v) is 29.8. The van der Waals surface area contributed by atoms with E-state index in [9.17, 15) is 40.7 Å². The summed E-state index contributed by atoms with van der Waals surface area (Å²) >= 11 is 6.16. The molecule has 0 heterocycles. The molecule has 4 aromatic carbocycles. The zero-order chi connectivity index (χ0) is 38.5. The largest absolute Gasteiger partial charge is 0.478 e. The first-order valence-electron chi connectivity index (χ1n) is 16.4. The Bertz CT molecular complexity index is 2190. The number of nitrogens with zero attached hydrogens (tertiary/aromatic N) is 3. The highest BCUT2D eigenvalue weighted by Crippen LogP contribution is 2.46. The molecule has 2 aliphatic rings. The van der Waals surface area contributed by atoms with Crippen molar-refractivity contribution in [2.75, 3.05) is 30.4 Å². The van der Waals surface area contributed by atoms with Gasteiger partial charge >= 0.3 is 5.97 Å². The van der Waals surface area contributed by atoms with Crippen LogP contribution in [0.25, 0.3) is 0 Å². The lowest BCUT2D eigenvalue weighted by molar-refractivity contribution is -0.119. The highest BCUT2D eigenvalue weighted by molar-refractivity contribution is 7.89. The molecule has 2 saturated carbocycles.